The van der Waals surface area contributed by atoms with Crippen LogP contribution in [0, 0.1) is 5.92 Å². The number of thioether (sulfide) groups is 1. The summed E-state index contributed by atoms with van der Waals surface area (Å²) in [5.74, 6) is 1.85. The van der Waals surface area contributed by atoms with Crippen LogP contribution >= 0.6 is 11.8 Å². The molecular weight excluding hydrogens is 144 g/mol. The molecule has 62 valence electrons. The molecule has 1 nitrogen and oxygen atoms in total. The van der Waals surface area contributed by atoms with E-state index in [0.29, 0.717) is 0 Å². The molecule has 0 fully saturated rings. The van der Waals surface area contributed by atoms with Gasteiger partial charge in [-0.25, -0.2) is 0 Å². The van der Waals surface area contributed by atoms with E-state index in [4.69, 9.17) is 5.11 Å². The van der Waals surface area contributed by atoms with E-state index in [1.54, 1.807) is 0 Å². The fourth-order valence-corrected chi connectivity index (χ4v) is 1.31. The molecule has 1 N–H and O–H groups in total. The lowest BCUT2D eigenvalue weighted by molar-refractivity contribution is 0.265. The third kappa shape index (κ3) is 5.12. The summed E-state index contributed by atoms with van der Waals surface area (Å²) in [7, 11) is 0. The molecule has 0 unspecified atom stereocenters. The van der Waals surface area contributed by atoms with Gasteiger partial charge in [-0.1, -0.05) is 13.8 Å². The van der Waals surface area contributed by atoms with E-state index < -0.39 is 0 Å². The van der Waals surface area contributed by atoms with Crippen molar-refractivity contribution in [1.82, 2.24) is 0 Å². The zero-order valence-corrected chi connectivity index (χ0v) is 8.16. The van der Waals surface area contributed by atoms with Crippen molar-refractivity contribution >= 4 is 11.8 Å². The molecule has 2 heteroatoms. The van der Waals surface area contributed by atoms with E-state index in [1.807, 2.05) is 11.8 Å². The van der Waals surface area contributed by atoms with Crippen molar-refractivity contribution in [3.8, 4) is 0 Å². The zero-order chi connectivity index (χ0) is 8.20. The zero-order valence-electron chi connectivity index (χ0n) is 7.35. The van der Waals surface area contributed by atoms with Gasteiger partial charge in [-0.05, 0) is 25.5 Å². The van der Waals surface area contributed by atoms with Crippen LogP contribution in [0.2, 0.25) is 0 Å². The van der Waals surface area contributed by atoms with Crippen molar-refractivity contribution in [2.45, 2.75) is 32.4 Å². The number of aliphatic hydroxyl groups is 1. The number of rotatable bonds is 4. The van der Waals surface area contributed by atoms with Crippen molar-refractivity contribution in [2.75, 3.05) is 12.4 Å². The molecule has 0 radical (unpaired) electrons. The Bertz CT molecular complexity index is 89.3. The standard InChI is InChI=1S/C8H18OS/c1-7(2)5-10-8(3,4)6-9/h7,9H,5-6H2,1-4H3. The first-order valence-electron chi connectivity index (χ1n) is 3.73. The maximum Gasteiger partial charge on any atom is 0.0572 e. The van der Waals surface area contributed by atoms with Crippen molar-refractivity contribution in [1.29, 1.82) is 0 Å². The normalized spacial score (nSPS) is 12.6. The Labute approximate surface area is 68.2 Å². The molecule has 0 spiro atoms. The summed E-state index contributed by atoms with van der Waals surface area (Å²) in [5, 5.41) is 8.89. The average molecular weight is 162 g/mol. The molecule has 0 aromatic carbocycles. The first-order chi connectivity index (χ1) is 4.48. The van der Waals surface area contributed by atoms with E-state index >= 15 is 0 Å². The number of aliphatic hydroxyl groups excluding tert-OH is 1. The van der Waals surface area contributed by atoms with Crippen LogP contribution in [0.25, 0.3) is 0 Å². The molecule has 0 aliphatic carbocycles. The van der Waals surface area contributed by atoms with E-state index in [9.17, 15) is 0 Å². The number of hydrogen-bond donors (Lipinski definition) is 1. The molecule has 0 aromatic heterocycles. The minimum Gasteiger partial charge on any atom is -0.395 e. The van der Waals surface area contributed by atoms with E-state index in [2.05, 4.69) is 27.7 Å². The van der Waals surface area contributed by atoms with Gasteiger partial charge in [-0.15, -0.1) is 0 Å². The highest BCUT2D eigenvalue weighted by Crippen LogP contribution is 2.25. The maximum absolute atomic E-state index is 8.89. The largest absolute Gasteiger partial charge is 0.395 e. The van der Waals surface area contributed by atoms with Gasteiger partial charge in [-0.2, -0.15) is 11.8 Å². The van der Waals surface area contributed by atoms with Crippen LogP contribution in [0.5, 0.6) is 0 Å². The van der Waals surface area contributed by atoms with Crippen LogP contribution in [0.3, 0.4) is 0 Å². The summed E-state index contributed by atoms with van der Waals surface area (Å²) >= 11 is 1.84. The minimum atomic E-state index is 0.0459. The van der Waals surface area contributed by atoms with Gasteiger partial charge in [0.25, 0.3) is 0 Å². The van der Waals surface area contributed by atoms with Crippen molar-refractivity contribution < 1.29 is 5.11 Å². The van der Waals surface area contributed by atoms with Crippen LogP contribution in [0.4, 0.5) is 0 Å². The topological polar surface area (TPSA) is 20.2 Å². The van der Waals surface area contributed by atoms with Gasteiger partial charge in [0.05, 0.1) is 6.61 Å². The minimum absolute atomic E-state index is 0.0459. The van der Waals surface area contributed by atoms with Crippen LogP contribution in [0.15, 0.2) is 0 Å². The Morgan fingerprint density at radius 2 is 1.90 bits per heavy atom. The molecule has 0 aliphatic rings. The molecule has 0 bridgehead atoms. The Morgan fingerprint density at radius 3 is 2.20 bits per heavy atom. The van der Waals surface area contributed by atoms with E-state index in [1.165, 1.54) is 0 Å². The number of hydrogen-bond acceptors (Lipinski definition) is 2. The fraction of sp³-hybridized carbons (Fsp3) is 1.00. The summed E-state index contributed by atoms with van der Waals surface area (Å²) in [5.41, 5.74) is 0. The third-order valence-electron chi connectivity index (χ3n) is 1.19. The molecule has 0 atom stereocenters. The van der Waals surface area contributed by atoms with E-state index in [0.717, 1.165) is 11.7 Å². The van der Waals surface area contributed by atoms with Crippen LogP contribution in [-0.4, -0.2) is 22.2 Å². The second-order valence-electron chi connectivity index (χ2n) is 3.62. The highest BCUT2D eigenvalue weighted by atomic mass is 32.2. The molecule has 0 aliphatic heterocycles. The molecule has 0 heterocycles. The van der Waals surface area contributed by atoms with Crippen molar-refractivity contribution in [2.24, 2.45) is 5.92 Å². The van der Waals surface area contributed by atoms with Crippen LogP contribution in [0.1, 0.15) is 27.7 Å². The summed E-state index contributed by atoms with van der Waals surface area (Å²) in [6.45, 7) is 8.80. The second-order valence-corrected chi connectivity index (χ2v) is 5.35. The first kappa shape index (κ1) is 10.3. The lowest BCUT2D eigenvalue weighted by Gasteiger charge is -2.21. The smallest absolute Gasteiger partial charge is 0.0572 e. The predicted molar refractivity (Wildman–Crippen MR) is 48.5 cm³/mol. The molecule has 0 amide bonds. The van der Waals surface area contributed by atoms with Crippen LogP contribution < -0.4 is 0 Å². The fourth-order valence-electron chi connectivity index (χ4n) is 0.438. The van der Waals surface area contributed by atoms with Crippen LogP contribution in [-0.2, 0) is 0 Å². The van der Waals surface area contributed by atoms with Crippen molar-refractivity contribution in [3.05, 3.63) is 0 Å². The molecule has 10 heavy (non-hydrogen) atoms. The Balaban J connectivity index is 3.46. The quantitative estimate of drug-likeness (QED) is 0.683. The lowest BCUT2D eigenvalue weighted by Crippen LogP contribution is -2.21. The molecular formula is C8H18OS. The summed E-state index contributed by atoms with van der Waals surface area (Å²) in [6.07, 6.45) is 0. The Morgan fingerprint density at radius 1 is 1.40 bits per heavy atom. The highest BCUT2D eigenvalue weighted by molar-refractivity contribution is 8.00. The highest BCUT2D eigenvalue weighted by Gasteiger charge is 2.16. The first-order valence-corrected chi connectivity index (χ1v) is 4.71. The predicted octanol–water partition coefficient (Wildman–Crippen LogP) is 2.15. The monoisotopic (exact) mass is 162 g/mol. The van der Waals surface area contributed by atoms with Gasteiger partial charge >= 0.3 is 0 Å². The van der Waals surface area contributed by atoms with Gasteiger partial charge in [0, 0.05) is 4.75 Å². The SMILES string of the molecule is CC(C)CSC(C)(C)CO. The molecule has 0 saturated carbocycles. The molecule has 0 saturated heterocycles. The van der Waals surface area contributed by atoms with Gasteiger partial charge < -0.3 is 5.11 Å². The van der Waals surface area contributed by atoms with Gasteiger partial charge in [0.15, 0.2) is 0 Å². The maximum atomic E-state index is 8.89. The Kier molecular flexibility index (Phi) is 4.37. The summed E-state index contributed by atoms with van der Waals surface area (Å²) < 4.78 is 0.0459. The van der Waals surface area contributed by atoms with E-state index in [-0.39, 0.29) is 11.4 Å². The van der Waals surface area contributed by atoms with Gasteiger partial charge in [-0.3, -0.25) is 0 Å². The third-order valence-corrected chi connectivity index (χ3v) is 2.93. The van der Waals surface area contributed by atoms with Gasteiger partial charge in [0.2, 0.25) is 0 Å². The summed E-state index contributed by atoms with van der Waals surface area (Å²) in [6, 6.07) is 0. The Hall–Kier alpha value is 0.310. The average Bonchev–Trinajstić information content (AvgIpc) is 1.85. The molecule has 0 aromatic rings. The molecule has 0 rings (SSSR count). The second kappa shape index (κ2) is 4.24. The van der Waals surface area contributed by atoms with Gasteiger partial charge in [0.1, 0.15) is 0 Å². The summed E-state index contributed by atoms with van der Waals surface area (Å²) in [4.78, 5) is 0. The van der Waals surface area contributed by atoms with Crippen molar-refractivity contribution in [3.63, 3.8) is 0 Å². The lowest BCUT2D eigenvalue weighted by atomic mass is 10.2.